The molecule has 0 aromatic rings. The van der Waals surface area contributed by atoms with Crippen LogP contribution in [0.2, 0.25) is 72.5 Å². The second-order valence-electron chi connectivity index (χ2n) is 15.2. The molecule has 0 rings (SSSR count). The van der Waals surface area contributed by atoms with Gasteiger partial charge in [-0.25, -0.2) is 0 Å². The molecule has 0 aliphatic heterocycles. The van der Waals surface area contributed by atoms with Crippen LogP contribution in [0.5, 0.6) is 0 Å². The van der Waals surface area contributed by atoms with Gasteiger partial charge in [-0.2, -0.15) is 0 Å². The van der Waals surface area contributed by atoms with Crippen LogP contribution in [0.25, 0.3) is 0 Å². The Morgan fingerprint density at radius 3 is 0.333 bits per heavy atom. The third-order valence-corrected chi connectivity index (χ3v) is 22.0. The molecular formula is C24H64O4Si4Ti. The Labute approximate surface area is 228 Å². The number of rotatable bonds is 0. The molecule has 0 heterocycles. The summed E-state index contributed by atoms with van der Waals surface area (Å²) in [7, 11) is -7.44. The van der Waals surface area contributed by atoms with E-state index < -0.39 is 33.3 Å². The van der Waals surface area contributed by atoms with Crippen LogP contribution >= 0.6 is 0 Å². The summed E-state index contributed by atoms with van der Waals surface area (Å²) >= 11 is 0. The largest absolute Gasteiger partial charge is 0.432 e. The Hall–Kier alpha value is 1.42. The Bertz CT molecular complexity index is 357. The van der Waals surface area contributed by atoms with E-state index in [9.17, 15) is 19.2 Å². The minimum atomic E-state index is -1.86. The van der Waals surface area contributed by atoms with Crippen molar-refractivity contribution in [2.45, 2.75) is 156 Å². The predicted octanol–water partition coefficient (Wildman–Crippen LogP) is 7.93. The average molecular weight is 577 g/mol. The SMILES string of the molecule is CC(C)(C)[Si](C)(C)O.CC(C)(C)[Si](C)(C)O.CC(C)(C)[Si](C)(C)O.CC(C)(C)[Si](C)(C)O.[Ti]. The van der Waals surface area contributed by atoms with E-state index in [-0.39, 0.29) is 41.9 Å². The van der Waals surface area contributed by atoms with Crippen LogP contribution in [0.1, 0.15) is 83.1 Å². The summed E-state index contributed by atoms with van der Waals surface area (Å²) in [5, 5.41) is 0.528. The van der Waals surface area contributed by atoms with E-state index in [1.807, 2.05) is 52.4 Å². The van der Waals surface area contributed by atoms with Gasteiger partial charge in [0.15, 0.2) is 33.3 Å². The van der Waals surface area contributed by atoms with Gasteiger partial charge in [0.25, 0.3) is 0 Å². The average Bonchev–Trinajstić information content (AvgIpc) is 2.30. The van der Waals surface area contributed by atoms with Crippen molar-refractivity contribution in [1.82, 2.24) is 0 Å². The molecule has 0 aromatic carbocycles. The maximum Gasteiger partial charge on any atom is 0.187 e. The molecule has 33 heavy (non-hydrogen) atoms. The standard InChI is InChI=1S/4C6H16OSi.Ti/c4*1-6(2,3)8(4,5)7;/h4*7H,1-5H3;. The van der Waals surface area contributed by atoms with Gasteiger partial charge in [-0.15, -0.1) is 0 Å². The molecule has 0 spiro atoms. The monoisotopic (exact) mass is 576 g/mol. The van der Waals surface area contributed by atoms with Crippen molar-refractivity contribution in [1.29, 1.82) is 0 Å². The van der Waals surface area contributed by atoms with E-state index in [0.29, 0.717) is 0 Å². The zero-order valence-electron chi connectivity index (χ0n) is 26.3. The Morgan fingerprint density at radius 1 is 0.303 bits per heavy atom. The summed E-state index contributed by atoms with van der Waals surface area (Å²) in [6, 6.07) is 0. The van der Waals surface area contributed by atoms with Gasteiger partial charge < -0.3 is 19.2 Å². The van der Waals surface area contributed by atoms with Crippen LogP contribution in [-0.4, -0.2) is 52.5 Å². The topological polar surface area (TPSA) is 80.9 Å². The van der Waals surface area contributed by atoms with Crippen molar-refractivity contribution in [3.8, 4) is 0 Å². The Balaban J connectivity index is -0.000000105. The first-order valence-corrected chi connectivity index (χ1v) is 23.7. The molecule has 0 radical (unpaired) electrons. The molecule has 0 amide bonds. The van der Waals surface area contributed by atoms with Crippen molar-refractivity contribution >= 4 is 33.3 Å². The predicted molar refractivity (Wildman–Crippen MR) is 158 cm³/mol. The van der Waals surface area contributed by atoms with E-state index in [0.717, 1.165) is 0 Å². The van der Waals surface area contributed by atoms with Gasteiger partial charge >= 0.3 is 0 Å². The molecule has 0 unspecified atom stereocenters. The van der Waals surface area contributed by atoms with E-state index >= 15 is 0 Å². The quantitative estimate of drug-likeness (QED) is 0.221. The van der Waals surface area contributed by atoms with E-state index in [2.05, 4.69) is 83.1 Å². The minimum Gasteiger partial charge on any atom is -0.432 e. The summed E-state index contributed by atoms with van der Waals surface area (Å²) in [4.78, 5) is 38.0. The first-order chi connectivity index (χ1) is 13.0. The van der Waals surface area contributed by atoms with Crippen LogP contribution in [0, 0.1) is 0 Å². The fraction of sp³-hybridized carbons (Fsp3) is 1.00. The van der Waals surface area contributed by atoms with E-state index in [1.54, 1.807) is 0 Å². The molecule has 4 nitrogen and oxygen atoms in total. The van der Waals surface area contributed by atoms with Crippen molar-refractivity contribution in [2.75, 3.05) is 0 Å². The third-order valence-electron chi connectivity index (χ3n) is 7.34. The van der Waals surface area contributed by atoms with E-state index in [4.69, 9.17) is 0 Å². The fourth-order valence-electron chi connectivity index (χ4n) is 0. The zero-order valence-corrected chi connectivity index (χ0v) is 31.9. The van der Waals surface area contributed by atoms with Crippen LogP contribution in [-0.2, 0) is 21.7 Å². The van der Waals surface area contributed by atoms with Gasteiger partial charge in [-0.1, -0.05) is 83.1 Å². The molecule has 204 valence electrons. The Morgan fingerprint density at radius 2 is 0.333 bits per heavy atom. The molecule has 0 bridgehead atoms. The molecule has 0 aliphatic carbocycles. The van der Waals surface area contributed by atoms with Crippen LogP contribution < -0.4 is 0 Å². The second kappa shape index (κ2) is 14.4. The van der Waals surface area contributed by atoms with Crippen molar-refractivity contribution in [3.63, 3.8) is 0 Å². The molecule has 0 atom stereocenters. The van der Waals surface area contributed by atoms with Gasteiger partial charge in [-0.05, 0) is 72.5 Å². The summed E-state index contributed by atoms with van der Waals surface area (Å²) in [5.41, 5.74) is 0. The van der Waals surface area contributed by atoms with Gasteiger partial charge in [0.1, 0.15) is 0 Å². The maximum absolute atomic E-state index is 9.49. The van der Waals surface area contributed by atoms with Crippen LogP contribution in [0.4, 0.5) is 0 Å². The van der Waals surface area contributed by atoms with Crippen LogP contribution in [0.15, 0.2) is 0 Å². The molecule has 4 N–H and O–H groups in total. The Kier molecular flexibility index (Phi) is 19.4. The van der Waals surface area contributed by atoms with Crippen molar-refractivity contribution in [2.24, 2.45) is 0 Å². The molecule has 0 aliphatic rings. The summed E-state index contributed by atoms with van der Waals surface area (Å²) in [6.07, 6.45) is 0. The first kappa shape index (κ1) is 44.4. The first-order valence-electron chi connectivity index (χ1n) is 11.9. The second-order valence-corrected chi connectivity index (χ2v) is 33.7. The molecule has 0 fully saturated rings. The summed E-state index contributed by atoms with van der Waals surface area (Å²) in [6.45, 7) is 40.7. The molecule has 0 saturated carbocycles. The number of hydrogen-bond donors (Lipinski definition) is 4. The minimum absolute atomic E-state index is 0. The molecule has 9 heteroatoms. The third kappa shape index (κ3) is 23.6. The smallest absolute Gasteiger partial charge is 0.187 e. The van der Waals surface area contributed by atoms with Gasteiger partial charge in [0.2, 0.25) is 0 Å². The molecular weight excluding hydrogens is 512 g/mol. The van der Waals surface area contributed by atoms with Gasteiger partial charge in [-0.3, -0.25) is 0 Å². The molecule has 0 saturated heterocycles. The van der Waals surface area contributed by atoms with E-state index in [1.165, 1.54) is 0 Å². The number of hydrogen-bond acceptors (Lipinski definition) is 4. The van der Waals surface area contributed by atoms with Gasteiger partial charge in [0.05, 0.1) is 0 Å². The summed E-state index contributed by atoms with van der Waals surface area (Å²) in [5.74, 6) is 0. The fourth-order valence-corrected chi connectivity index (χ4v) is 0. The normalized spacial score (nSPS) is 13.8. The summed E-state index contributed by atoms with van der Waals surface area (Å²) < 4.78 is 0. The maximum atomic E-state index is 9.49. The molecule has 0 aromatic heterocycles. The van der Waals surface area contributed by atoms with Crippen molar-refractivity contribution < 1.29 is 40.9 Å². The zero-order chi connectivity index (χ0) is 28.0. The van der Waals surface area contributed by atoms with Crippen LogP contribution in [0.3, 0.4) is 0 Å². The van der Waals surface area contributed by atoms with Crippen molar-refractivity contribution in [3.05, 3.63) is 0 Å². The van der Waals surface area contributed by atoms with Gasteiger partial charge in [0, 0.05) is 21.7 Å².